The number of carbonyl (C=O) groups is 1. The second-order valence-electron chi connectivity index (χ2n) is 8.61. The maximum absolute atomic E-state index is 13.4. The van der Waals surface area contributed by atoms with Crippen LogP contribution in [0, 0.1) is 0 Å². The van der Waals surface area contributed by atoms with Crippen LogP contribution in [-0.2, 0) is 10.9 Å². The van der Waals surface area contributed by atoms with Gasteiger partial charge in [-0.1, -0.05) is 42.5 Å². The Hall–Kier alpha value is -4.70. The normalized spacial score (nSPS) is 11.5. The molecule has 0 spiro atoms. The van der Waals surface area contributed by atoms with Crippen LogP contribution >= 0.6 is 0 Å². The third-order valence-electron chi connectivity index (χ3n) is 5.94. The van der Waals surface area contributed by atoms with Crippen molar-refractivity contribution in [1.82, 2.24) is 14.8 Å². The molecule has 0 atom stereocenters. The van der Waals surface area contributed by atoms with Crippen LogP contribution in [0.3, 0.4) is 0 Å². The molecule has 1 N–H and O–H groups in total. The number of ether oxygens (including phenoxy) is 2. The van der Waals surface area contributed by atoms with Gasteiger partial charge in [0.05, 0.1) is 17.9 Å². The third kappa shape index (κ3) is 5.91. The van der Waals surface area contributed by atoms with E-state index in [0.29, 0.717) is 23.5 Å². The van der Waals surface area contributed by atoms with Crippen LogP contribution in [-0.4, -0.2) is 41.0 Å². The highest BCUT2D eigenvalue weighted by Crippen LogP contribution is 2.33. The Morgan fingerprint density at radius 1 is 0.897 bits per heavy atom. The summed E-state index contributed by atoms with van der Waals surface area (Å²) < 4.78 is 51.9. The monoisotopic (exact) mass is 532 g/mol. The SMILES string of the molecule is COCCOc1nc(-c2cccc(C(F)(F)F)c2)n(-c2ccc(NC(=O)c3ccc4ccccc4c3)cc2)n1. The summed E-state index contributed by atoms with van der Waals surface area (Å²) in [5.41, 5.74) is 0.976. The lowest BCUT2D eigenvalue weighted by molar-refractivity contribution is -0.137. The van der Waals surface area contributed by atoms with Gasteiger partial charge in [-0.05, 0) is 59.3 Å². The zero-order valence-corrected chi connectivity index (χ0v) is 20.8. The van der Waals surface area contributed by atoms with Crippen molar-refractivity contribution in [1.29, 1.82) is 0 Å². The van der Waals surface area contributed by atoms with Crippen LogP contribution in [0.15, 0.2) is 91.0 Å². The standard InChI is InChI=1S/C29H23F3N4O3/c1-38-15-16-39-28-34-26(21-7-4-8-23(18-21)29(30,31)32)36(35-28)25-13-11-24(12-14-25)33-27(37)22-10-9-19-5-2-3-6-20(19)17-22/h2-14,17-18H,15-16H2,1H3,(H,33,37). The average Bonchev–Trinajstić information content (AvgIpc) is 3.37. The molecule has 4 aromatic carbocycles. The van der Waals surface area contributed by atoms with E-state index in [0.717, 1.165) is 22.9 Å². The van der Waals surface area contributed by atoms with Crippen LogP contribution in [0.25, 0.3) is 27.8 Å². The van der Waals surface area contributed by atoms with E-state index < -0.39 is 11.7 Å². The Morgan fingerprint density at radius 3 is 2.41 bits per heavy atom. The van der Waals surface area contributed by atoms with Crippen molar-refractivity contribution in [3.8, 4) is 23.1 Å². The van der Waals surface area contributed by atoms with Gasteiger partial charge in [0.25, 0.3) is 5.91 Å². The Kier molecular flexibility index (Phi) is 7.29. The largest absolute Gasteiger partial charge is 0.460 e. The van der Waals surface area contributed by atoms with E-state index in [1.54, 1.807) is 30.3 Å². The molecule has 0 unspecified atom stereocenters. The highest BCUT2D eigenvalue weighted by Gasteiger charge is 2.31. The molecule has 0 aliphatic heterocycles. The second kappa shape index (κ2) is 11.0. The number of rotatable bonds is 8. The van der Waals surface area contributed by atoms with Crippen molar-refractivity contribution in [3.63, 3.8) is 0 Å². The molecule has 39 heavy (non-hydrogen) atoms. The molecule has 1 amide bonds. The van der Waals surface area contributed by atoms with Gasteiger partial charge in [0.2, 0.25) is 0 Å². The number of hydrogen-bond donors (Lipinski definition) is 1. The Morgan fingerprint density at radius 2 is 1.67 bits per heavy atom. The minimum absolute atomic E-state index is 0.00635. The van der Waals surface area contributed by atoms with E-state index >= 15 is 0 Å². The Balaban J connectivity index is 1.42. The number of methoxy groups -OCH3 is 1. The number of carbonyl (C=O) groups excluding carboxylic acids is 1. The number of alkyl halides is 3. The van der Waals surface area contributed by atoms with Crippen molar-refractivity contribution in [2.45, 2.75) is 6.18 Å². The van der Waals surface area contributed by atoms with E-state index in [9.17, 15) is 18.0 Å². The number of aromatic nitrogens is 3. The molecule has 0 saturated heterocycles. The highest BCUT2D eigenvalue weighted by atomic mass is 19.4. The number of nitrogens with one attached hydrogen (secondary N) is 1. The van der Waals surface area contributed by atoms with Gasteiger partial charge < -0.3 is 14.8 Å². The van der Waals surface area contributed by atoms with Crippen molar-refractivity contribution in [2.24, 2.45) is 0 Å². The van der Waals surface area contributed by atoms with Gasteiger partial charge in [-0.25, -0.2) is 4.68 Å². The van der Waals surface area contributed by atoms with E-state index in [2.05, 4.69) is 15.4 Å². The lowest BCUT2D eigenvalue weighted by Gasteiger charge is -2.10. The molecular formula is C29H23F3N4O3. The number of amides is 1. The number of fused-ring (bicyclic) bond motifs is 1. The summed E-state index contributed by atoms with van der Waals surface area (Å²) in [5.74, 6) is -0.103. The summed E-state index contributed by atoms with van der Waals surface area (Å²) in [6.07, 6.45) is -4.51. The minimum atomic E-state index is -4.51. The maximum atomic E-state index is 13.4. The van der Waals surface area contributed by atoms with Crippen LogP contribution in [0.2, 0.25) is 0 Å². The van der Waals surface area contributed by atoms with Crippen molar-refractivity contribution in [3.05, 3.63) is 102 Å². The summed E-state index contributed by atoms with van der Waals surface area (Å²) in [7, 11) is 1.52. The molecular weight excluding hydrogens is 509 g/mol. The summed E-state index contributed by atoms with van der Waals surface area (Å²) in [6, 6.07) is 24.8. The lowest BCUT2D eigenvalue weighted by atomic mass is 10.1. The predicted octanol–water partition coefficient (Wildman–Crippen LogP) is 6.38. The number of anilines is 1. The fraction of sp³-hybridized carbons (Fsp3) is 0.138. The Labute approximate surface area is 221 Å². The summed E-state index contributed by atoms with van der Waals surface area (Å²) in [5, 5.41) is 9.20. The van der Waals surface area contributed by atoms with Gasteiger partial charge in [-0.2, -0.15) is 18.2 Å². The smallest absolute Gasteiger partial charge is 0.416 e. The molecule has 1 aromatic heterocycles. The molecule has 0 aliphatic rings. The van der Waals surface area contributed by atoms with Crippen LogP contribution < -0.4 is 10.1 Å². The molecule has 7 nitrogen and oxygen atoms in total. The first-order chi connectivity index (χ1) is 18.8. The molecule has 0 radical (unpaired) electrons. The zero-order chi connectivity index (χ0) is 27.4. The maximum Gasteiger partial charge on any atom is 0.416 e. The van der Waals surface area contributed by atoms with Crippen molar-refractivity contribution in [2.75, 3.05) is 25.6 Å². The first-order valence-corrected chi connectivity index (χ1v) is 12.0. The van der Waals surface area contributed by atoms with E-state index in [-0.39, 0.29) is 29.9 Å². The summed E-state index contributed by atoms with van der Waals surface area (Å²) in [4.78, 5) is 17.2. The number of halogens is 3. The van der Waals surface area contributed by atoms with Gasteiger partial charge in [0, 0.05) is 23.9 Å². The molecule has 0 saturated carbocycles. The molecule has 5 rings (SSSR count). The van der Waals surface area contributed by atoms with Crippen LogP contribution in [0.5, 0.6) is 6.01 Å². The quantitative estimate of drug-likeness (QED) is 0.235. The number of hydrogen-bond acceptors (Lipinski definition) is 5. The first kappa shape index (κ1) is 25.9. The average molecular weight is 533 g/mol. The highest BCUT2D eigenvalue weighted by molar-refractivity contribution is 6.06. The van der Waals surface area contributed by atoms with Gasteiger partial charge in [-0.15, -0.1) is 5.10 Å². The van der Waals surface area contributed by atoms with Gasteiger partial charge in [0.1, 0.15) is 6.61 Å². The second-order valence-corrected chi connectivity index (χ2v) is 8.61. The summed E-state index contributed by atoms with van der Waals surface area (Å²) >= 11 is 0. The molecule has 198 valence electrons. The molecule has 1 heterocycles. The van der Waals surface area contributed by atoms with Gasteiger partial charge in [-0.3, -0.25) is 4.79 Å². The van der Waals surface area contributed by atoms with E-state index in [4.69, 9.17) is 9.47 Å². The Bertz CT molecular complexity index is 1610. The zero-order valence-electron chi connectivity index (χ0n) is 20.8. The van der Waals surface area contributed by atoms with Crippen LogP contribution in [0.1, 0.15) is 15.9 Å². The van der Waals surface area contributed by atoms with Crippen molar-refractivity contribution < 1.29 is 27.4 Å². The first-order valence-electron chi connectivity index (χ1n) is 12.0. The molecule has 0 aliphatic carbocycles. The van der Waals surface area contributed by atoms with E-state index in [1.165, 1.54) is 23.9 Å². The fourth-order valence-corrected chi connectivity index (χ4v) is 3.99. The van der Waals surface area contributed by atoms with Crippen molar-refractivity contribution >= 4 is 22.4 Å². The molecule has 5 aromatic rings. The topological polar surface area (TPSA) is 78.3 Å². The van der Waals surface area contributed by atoms with Crippen LogP contribution in [0.4, 0.5) is 18.9 Å². The minimum Gasteiger partial charge on any atom is -0.460 e. The number of benzene rings is 4. The third-order valence-corrected chi connectivity index (χ3v) is 5.94. The van der Waals surface area contributed by atoms with Gasteiger partial charge >= 0.3 is 12.2 Å². The predicted molar refractivity (Wildman–Crippen MR) is 141 cm³/mol. The van der Waals surface area contributed by atoms with Gasteiger partial charge in [0.15, 0.2) is 5.82 Å². The van der Waals surface area contributed by atoms with E-state index in [1.807, 2.05) is 36.4 Å². The molecule has 10 heteroatoms. The summed E-state index contributed by atoms with van der Waals surface area (Å²) in [6.45, 7) is 0.460. The number of nitrogens with zero attached hydrogens (tertiary/aromatic N) is 3. The lowest BCUT2D eigenvalue weighted by Crippen LogP contribution is -2.12. The fourth-order valence-electron chi connectivity index (χ4n) is 3.99. The molecule has 0 bridgehead atoms. The molecule has 0 fully saturated rings.